The van der Waals surface area contributed by atoms with Gasteiger partial charge in [-0.15, -0.1) is 0 Å². The standard InChI is InChI=1S/C20H14N4O2S.C15H12N4.C15H11N3.CH2O3.CH4.2Cs.H/c25-27(26,14-5-2-1-3-6-14)24-13-18(15-8-10-21-12-19(15)24)17-11-23-20-16(17)7-4-9-22-20;1-19-9-13(10-4-6-16-8-14(10)19)12-7-18-15-11(12)3-2-5-17-15;1-2-13-14(9-18-15(13)17-6-1)12-4-3-10-8-16-7-5-11(10)12;2-1-4-3;;;;/h1-13H,(H,22,23);2-9H,1H3,(H,17,18);1-2,4-9H,3H2,(H,17,18);1,3H;1H4;;;/q;;;;;2*+1;-1/p-1. The average molecular weight is 1200 g/mol. The van der Waals surface area contributed by atoms with Crippen molar-refractivity contribution in [1.82, 2.24) is 53.4 Å². The molecule has 344 valence electrons. The minimum Gasteiger partial charge on any atom is -1.00 e. The molecule has 19 heteroatoms. The summed E-state index contributed by atoms with van der Waals surface area (Å²) in [4.78, 5) is 46.6. The molecule has 0 spiro atoms. The van der Waals surface area contributed by atoms with Crippen molar-refractivity contribution in [1.29, 1.82) is 0 Å². The van der Waals surface area contributed by atoms with Gasteiger partial charge in [0.2, 0.25) is 0 Å². The number of nitrogens with zero attached hydrogens (tertiary/aromatic N) is 8. The van der Waals surface area contributed by atoms with Crippen LogP contribution in [0.15, 0.2) is 183 Å². The van der Waals surface area contributed by atoms with Crippen LogP contribution in [0.4, 0.5) is 0 Å². The zero-order valence-corrected chi connectivity index (χ0v) is 51.4. The average Bonchev–Trinajstić information content (AvgIpc) is 4.27. The number of rotatable bonds is 6. The first kappa shape index (κ1) is 53.8. The van der Waals surface area contributed by atoms with E-state index in [0.717, 1.165) is 56.2 Å². The van der Waals surface area contributed by atoms with E-state index in [4.69, 9.17) is 10.1 Å². The number of fused-ring (bicyclic) bond motifs is 6. The summed E-state index contributed by atoms with van der Waals surface area (Å²) in [5.41, 5.74) is 13.5. The summed E-state index contributed by atoms with van der Waals surface area (Å²) in [6.45, 7) is -0.181. The van der Waals surface area contributed by atoms with Gasteiger partial charge in [0.1, 0.15) is 16.9 Å². The SMILES string of the molecule is C.C1=C(c2c[nH]c3ncccc23)c2ccncc2C1.Cn1cc(-c2c[nH]c3ncccc23)c2ccncc21.O=CO[O-].O=S(=O)(c1ccccc1)n1cc(-c2c[nH]c3ncccc23)c2ccncc21.[Cs+].[Cs+].[H-]. The molecule has 0 amide bonds. The zero-order valence-electron chi connectivity index (χ0n) is 39.1. The van der Waals surface area contributed by atoms with Crippen molar-refractivity contribution in [2.45, 2.75) is 18.7 Å². The molecule has 16 nitrogen and oxygen atoms in total. The molecule has 0 fully saturated rings. The van der Waals surface area contributed by atoms with Crippen LogP contribution in [0.25, 0.3) is 82.7 Å². The normalized spacial score (nSPS) is 11.4. The van der Waals surface area contributed by atoms with Crippen molar-refractivity contribution in [3.8, 4) is 22.3 Å². The van der Waals surface area contributed by atoms with Crippen molar-refractivity contribution in [3.05, 3.63) is 194 Å². The van der Waals surface area contributed by atoms with Crippen molar-refractivity contribution in [2.24, 2.45) is 7.05 Å². The van der Waals surface area contributed by atoms with Gasteiger partial charge in [0.25, 0.3) is 16.5 Å². The van der Waals surface area contributed by atoms with Crippen LogP contribution in [0.1, 0.15) is 25.5 Å². The van der Waals surface area contributed by atoms with Crippen LogP contribution in [0.5, 0.6) is 0 Å². The van der Waals surface area contributed by atoms with Crippen molar-refractivity contribution >= 4 is 77.0 Å². The van der Waals surface area contributed by atoms with E-state index in [2.05, 4.69) is 90.8 Å². The fourth-order valence-corrected chi connectivity index (χ4v) is 9.95. The molecule has 0 unspecified atom stereocenters. The van der Waals surface area contributed by atoms with Crippen molar-refractivity contribution in [2.75, 3.05) is 0 Å². The number of aromatic nitrogens is 11. The van der Waals surface area contributed by atoms with E-state index in [1.807, 2.05) is 87.0 Å². The Labute approximate surface area is 526 Å². The molecule has 1 aliphatic carbocycles. The number of H-pyrrole nitrogens is 3. The summed E-state index contributed by atoms with van der Waals surface area (Å²) in [6, 6.07) is 26.3. The van der Waals surface area contributed by atoms with Gasteiger partial charge < -0.3 is 31.1 Å². The Morgan fingerprint density at radius 2 is 1.08 bits per heavy atom. The Balaban J connectivity index is 0.000000169. The van der Waals surface area contributed by atoms with E-state index in [-0.39, 0.29) is 158 Å². The zero-order chi connectivity index (χ0) is 46.6. The summed E-state index contributed by atoms with van der Waals surface area (Å²) in [5.74, 6) is 0. The van der Waals surface area contributed by atoms with Crippen LogP contribution >= 0.6 is 0 Å². The maximum Gasteiger partial charge on any atom is 1.00 e. The van der Waals surface area contributed by atoms with E-state index in [9.17, 15) is 8.42 Å². The monoisotopic (exact) mass is 1200 g/mol. The minimum atomic E-state index is -3.74. The summed E-state index contributed by atoms with van der Waals surface area (Å²) < 4.78 is 29.8. The Morgan fingerprint density at radius 1 is 0.592 bits per heavy atom. The predicted molar refractivity (Wildman–Crippen MR) is 266 cm³/mol. The fraction of sp³-hybridized carbons (Fsp3) is 0.0577. The number of aryl methyl sites for hydroxylation is 1. The molecule has 11 aromatic heterocycles. The molecule has 1 aliphatic rings. The third kappa shape index (κ3) is 10.9. The van der Waals surface area contributed by atoms with E-state index in [1.54, 1.807) is 61.3 Å². The molecule has 0 radical (unpaired) electrons. The molecule has 71 heavy (non-hydrogen) atoms. The van der Waals surface area contributed by atoms with Crippen LogP contribution in [-0.4, -0.2) is 68.3 Å². The first-order chi connectivity index (χ1) is 33.4. The van der Waals surface area contributed by atoms with Gasteiger partial charge in [-0.25, -0.2) is 27.3 Å². The first-order valence-corrected chi connectivity index (χ1v) is 22.6. The number of allylic oxidation sites excluding steroid dienone is 1. The van der Waals surface area contributed by atoms with Gasteiger partial charge in [0.05, 0.1) is 28.3 Å². The van der Waals surface area contributed by atoms with E-state index < -0.39 is 10.0 Å². The van der Waals surface area contributed by atoms with Crippen molar-refractivity contribution in [3.63, 3.8) is 0 Å². The Hall–Kier alpha value is -4.96. The second-order valence-electron chi connectivity index (χ2n) is 15.4. The minimum absolute atomic E-state index is 0. The Morgan fingerprint density at radius 3 is 1.66 bits per heavy atom. The number of hydrogen-bond donors (Lipinski definition) is 3. The van der Waals surface area contributed by atoms with Gasteiger partial charge in [-0.1, -0.05) is 31.7 Å². The molecule has 0 bridgehead atoms. The van der Waals surface area contributed by atoms with Gasteiger partial charge in [-0.05, 0) is 89.9 Å². The predicted octanol–water partition coefficient (Wildman–Crippen LogP) is 3.07. The van der Waals surface area contributed by atoms with E-state index in [1.165, 1.54) is 48.1 Å². The first-order valence-electron chi connectivity index (χ1n) is 21.1. The number of aromatic amines is 3. The summed E-state index contributed by atoms with van der Waals surface area (Å²) in [6.07, 6.45) is 29.0. The van der Waals surface area contributed by atoms with Gasteiger partial charge in [0.15, 0.2) is 0 Å². The molecule has 1 aromatic carbocycles. The quantitative estimate of drug-likeness (QED) is 0.125. The van der Waals surface area contributed by atoms with Crippen molar-refractivity contribution < 1.29 is 163 Å². The molecule has 13 rings (SSSR count). The van der Waals surface area contributed by atoms with Gasteiger partial charge in [-0.3, -0.25) is 19.7 Å². The van der Waals surface area contributed by atoms with Crippen LogP contribution in [0.3, 0.4) is 0 Å². The molecule has 3 N–H and O–H groups in total. The maximum atomic E-state index is 13.2. The summed E-state index contributed by atoms with van der Waals surface area (Å²) >= 11 is 0. The number of nitrogens with one attached hydrogen (secondary N) is 3. The van der Waals surface area contributed by atoms with Crippen LogP contribution in [0, 0.1) is 0 Å². The topological polar surface area (TPSA) is 218 Å². The van der Waals surface area contributed by atoms with Crippen LogP contribution in [-0.2, 0) is 33.2 Å². The Bertz CT molecular complexity index is 3930. The number of hydrogen-bond acceptors (Lipinski definition) is 11. The third-order valence-corrected chi connectivity index (χ3v) is 13.3. The second kappa shape index (κ2) is 24.2. The third-order valence-electron chi connectivity index (χ3n) is 11.6. The van der Waals surface area contributed by atoms with Crippen LogP contribution in [0.2, 0.25) is 0 Å². The fourth-order valence-electron chi connectivity index (χ4n) is 8.57. The molecule has 0 aliphatic heterocycles. The summed E-state index contributed by atoms with van der Waals surface area (Å²) in [5, 5.41) is 13.7. The molecule has 11 heterocycles. The molecule has 0 saturated heterocycles. The van der Waals surface area contributed by atoms with E-state index >= 15 is 0 Å². The number of benzene rings is 1. The molecular formula is C52H43Cs2N11O5S. The molecule has 0 atom stereocenters. The van der Waals surface area contributed by atoms with Gasteiger partial charge in [0, 0.05) is 136 Å². The second-order valence-corrected chi connectivity index (χ2v) is 17.3. The Kier molecular flexibility index (Phi) is 18.3. The maximum absolute atomic E-state index is 13.2. The van der Waals surface area contributed by atoms with E-state index in [0.29, 0.717) is 5.52 Å². The van der Waals surface area contributed by atoms with Gasteiger partial charge >= 0.3 is 138 Å². The summed E-state index contributed by atoms with van der Waals surface area (Å²) in [7, 11) is -1.70. The number of carbonyl (C=O) groups is 1. The molecular weight excluding hydrogens is 1160 g/mol. The number of carbonyl (C=O) groups excluding carboxylic acids is 1. The number of pyridine rings is 6. The largest absolute Gasteiger partial charge is 1.00 e. The molecule has 0 saturated carbocycles. The van der Waals surface area contributed by atoms with Gasteiger partial charge in [-0.2, -0.15) is 0 Å². The molecule has 12 aromatic rings. The van der Waals surface area contributed by atoms with Crippen LogP contribution < -0.4 is 143 Å². The smallest absolute Gasteiger partial charge is 1.00 e.